The standard InChI is InChI=1S/C19H15ClF2N2O3/c1-11(26-14-5-3-13(20)4-6-14)10-23-19(25)17-9-18(27-24-17)12-2-7-15(21)16(22)8-12/h2-9,11H,10H2,1H3,(H,23,25). The zero-order chi connectivity index (χ0) is 19.4. The maximum absolute atomic E-state index is 13.3. The van der Waals surface area contributed by atoms with Gasteiger partial charge in [0.25, 0.3) is 5.91 Å². The molecule has 0 bridgehead atoms. The number of amides is 1. The van der Waals surface area contributed by atoms with Gasteiger partial charge in [0.05, 0.1) is 6.54 Å². The number of benzene rings is 2. The van der Waals surface area contributed by atoms with Crippen molar-refractivity contribution in [1.29, 1.82) is 0 Å². The van der Waals surface area contributed by atoms with Crippen LogP contribution < -0.4 is 10.1 Å². The first kappa shape index (κ1) is 18.8. The monoisotopic (exact) mass is 392 g/mol. The molecule has 140 valence electrons. The summed E-state index contributed by atoms with van der Waals surface area (Å²) in [7, 11) is 0. The zero-order valence-electron chi connectivity index (χ0n) is 14.2. The maximum Gasteiger partial charge on any atom is 0.273 e. The summed E-state index contributed by atoms with van der Waals surface area (Å²) >= 11 is 5.81. The molecule has 5 nitrogen and oxygen atoms in total. The Kier molecular flexibility index (Phi) is 5.71. The van der Waals surface area contributed by atoms with Crippen molar-refractivity contribution >= 4 is 17.5 Å². The number of carbonyl (C=O) groups is 1. The molecule has 27 heavy (non-hydrogen) atoms. The molecule has 0 aliphatic carbocycles. The van der Waals surface area contributed by atoms with Crippen LogP contribution >= 0.6 is 11.6 Å². The number of nitrogens with one attached hydrogen (secondary N) is 1. The van der Waals surface area contributed by atoms with Crippen LogP contribution in [0.25, 0.3) is 11.3 Å². The van der Waals surface area contributed by atoms with E-state index in [2.05, 4.69) is 10.5 Å². The molecule has 3 rings (SSSR count). The van der Waals surface area contributed by atoms with Crippen molar-refractivity contribution in [3.63, 3.8) is 0 Å². The van der Waals surface area contributed by atoms with E-state index in [-0.39, 0.29) is 29.7 Å². The Balaban J connectivity index is 1.57. The predicted octanol–water partition coefficient (Wildman–Crippen LogP) is 4.47. The van der Waals surface area contributed by atoms with Crippen molar-refractivity contribution in [3.05, 3.63) is 70.9 Å². The lowest BCUT2D eigenvalue weighted by Gasteiger charge is -2.15. The molecule has 2 aromatic carbocycles. The van der Waals surface area contributed by atoms with Crippen LogP contribution in [0.15, 0.2) is 53.1 Å². The molecule has 0 aliphatic rings. The van der Waals surface area contributed by atoms with Gasteiger partial charge in [-0.25, -0.2) is 8.78 Å². The lowest BCUT2D eigenvalue weighted by atomic mass is 10.1. The second-order valence-electron chi connectivity index (χ2n) is 5.80. The molecule has 0 saturated heterocycles. The Morgan fingerprint density at radius 1 is 1.19 bits per heavy atom. The molecule has 3 aromatic rings. The summed E-state index contributed by atoms with van der Waals surface area (Å²) in [5.74, 6) is -1.67. The smallest absolute Gasteiger partial charge is 0.273 e. The van der Waals surface area contributed by atoms with Crippen molar-refractivity contribution in [1.82, 2.24) is 10.5 Å². The fourth-order valence-corrected chi connectivity index (χ4v) is 2.41. The van der Waals surface area contributed by atoms with Gasteiger partial charge in [0.1, 0.15) is 11.9 Å². The van der Waals surface area contributed by atoms with E-state index in [1.807, 2.05) is 0 Å². The molecule has 0 fully saturated rings. The van der Waals surface area contributed by atoms with Gasteiger partial charge in [-0.15, -0.1) is 0 Å². The lowest BCUT2D eigenvalue weighted by Crippen LogP contribution is -2.33. The summed E-state index contributed by atoms with van der Waals surface area (Å²) in [4.78, 5) is 12.2. The average molecular weight is 393 g/mol. The SMILES string of the molecule is CC(CNC(=O)c1cc(-c2ccc(F)c(F)c2)on1)Oc1ccc(Cl)cc1. The predicted molar refractivity (Wildman–Crippen MR) is 95.7 cm³/mol. The average Bonchev–Trinajstić information content (AvgIpc) is 3.14. The van der Waals surface area contributed by atoms with Gasteiger partial charge in [0, 0.05) is 16.7 Å². The molecule has 1 heterocycles. The van der Waals surface area contributed by atoms with Gasteiger partial charge >= 0.3 is 0 Å². The number of rotatable bonds is 6. The van der Waals surface area contributed by atoms with Crippen LogP contribution in [0.3, 0.4) is 0 Å². The first-order valence-corrected chi connectivity index (χ1v) is 8.43. The Morgan fingerprint density at radius 2 is 1.93 bits per heavy atom. The van der Waals surface area contributed by atoms with Crippen LogP contribution in [0, 0.1) is 11.6 Å². The topological polar surface area (TPSA) is 64.4 Å². The van der Waals surface area contributed by atoms with E-state index in [4.69, 9.17) is 20.9 Å². The number of halogens is 3. The van der Waals surface area contributed by atoms with Crippen LogP contribution in [0.2, 0.25) is 5.02 Å². The van der Waals surface area contributed by atoms with Crippen LogP contribution in [0.5, 0.6) is 5.75 Å². The summed E-state index contributed by atoms with van der Waals surface area (Å²) < 4.78 is 37.0. The van der Waals surface area contributed by atoms with Gasteiger partial charge in [-0.1, -0.05) is 16.8 Å². The highest BCUT2D eigenvalue weighted by atomic mass is 35.5. The highest BCUT2D eigenvalue weighted by molar-refractivity contribution is 6.30. The molecule has 0 aliphatic heterocycles. The summed E-state index contributed by atoms with van der Waals surface area (Å²) in [6, 6.07) is 11.5. The quantitative estimate of drug-likeness (QED) is 0.672. The van der Waals surface area contributed by atoms with E-state index >= 15 is 0 Å². The first-order valence-electron chi connectivity index (χ1n) is 8.05. The van der Waals surface area contributed by atoms with E-state index in [0.29, 0.717) is 10.8 Å². The molecular weight excluding hydrogens is 378 g/mol. The summed E-state index contributed by atoms with van der Waals surface area (Å²) in [6.45, 7) is 2.03. The van der Waals surface area contributed by atoms with E-state index < -0.39 is 17.5 Å². The number of hydrogen-bond donors (Lipinski definition) is 1. The van der Waals surface area contributed by atoms with E-state index in [1.165, 1.54) is 12.1 Å². The molecule has 1 amide bonds. The van der Waals surface area contributed by atoms with Crippen molar-refractivity contribution < 1.29 is 22.8 Å². The van der Waals surface area contributed by atoms with Crippen molar-refractivity contribution in [2.45, 2.75) is 13.0 Å². The van der Waals surface area contributed by atoms with Crippen LogP contribution in [-0.2, 0) is 0 Å². The minimum absolute atomic E-state index is 0.0217. The number of aromatic nitrogens is 1. The van der Waals surface area contributed by atoms with Crippen molar-refractivity contribution in [2.75, 3.05) is 6.54 Å². The van der Waals surface area contributed by atoms with Crippen LogP contribution in [-0.4, -0.2) is 23.7 Å². The Bertz CT molecular complexity index is 944. The Hall–Kier alpha value is -2.93. The number of nitrogens with zero attached hydrogens (tertiary/aromatic N) is 1. The van der Waals surface area contributed by atoms with E-state index in [9.17, 15) is 13.6 Å². The zero-order valence-corrected chi connectivity index (χ0v) is 15.0. The summed E-state index contributed by atoms with van der Waals surface area (Å²) in [6.07, 6.45) is -0.298. The Labute approximate surface area is 158 Å². The molecule has 0 spiro atoms. The van der Waals surface area contributed by atoms with Gasteiger partial charge in [0.2, 0.25) is 0 Å². The molecule has 1 atom stereocenters. The van der Waals surface area contributed by atoms with Crippen molar-refractivity contribution in [3.8, 4) is 17.1 Å². The highest BCUT2D eigenvalue weighted by Gasteiger charge is 2.16. The maximum atomic E-state index is 13.3. The van der Waals surface area contributed by atoms with Gasteiger partial charge in [-0.3, -0.25) is 4.79 Å². The third kappa shape index (κ3) is 4.83. The molecule has 1 N–H and O–H groups in total. The third-order valence-corrected chi connectivity index (χ3v) is 3.90. The van der Waals surface area contributed by atoms with Gasteiger partial charge in [-0.2, -0.15) is 0 Å². The summed E-state index contributed by atoms with van der Waals surface area (Å²) in [5.41, 5.74) is 0.299. The van der Waals surface area contributed by atoms with Crippen LogP contribution in [0.1, 0.15) is 17.4 Å². The molecule has 0 saturated carbocycles. The van der Waals surface area contributed by atoms with Crippen molar-refractivity contribution in [2.24, 2.45) is 0 Å². The molecule has 8 heteroatoms. The Morgan fingerprint density at radius 3 is 2.63 bits per heavy atom. The number of hydrogen-bond acceptors (Lipinski definition) is 4. The third-order valence-electron chi connectivity index (χ3n) is 3.65. The largest absolute Gasteiger partial charge is 0.489 e. The van der Waals surface area contributed by atoms with E-state index in [1.54, 1.807) is 31.2 Å². The first-order chi connectivity index (χ1) is 12.9. The van der Waals surface area contributed by atoms with Gasteiger partial charge in [0.15, 0.2) is 23.1 Å². The lowest BCUT2D eigenvalue weighted by molar-refractivity contribution is 0.0923. The molecular formula is C19H15ClF2N2O3. The number of ether oxygens (including phenoxy) is 1. The minimum Gasteiger partial charge on any atom is -0.489 e. The van der Waals surface area contributed by atoms with E-state index in [0.717, 1.165) is 12.1 Å². The number of carbonyl (C=O) groups excluding carboxylic acids is 1. The van der Waals surface area contributed by atoms with Crippen LogP contribution in [0.4, 0.5) is 8.78 Å². The normalized spacial score (nSPS) is 11.9. The summed E-state index contributed by atoms with van der Waals surface area (Å²) in [5, 5.41) is 6.93. The second kappa shape index (κ2) is 8.18. The molecule has 1 unspecified atom stereocenters. The van der Waals surface area contributed by atoms with Gasteiger partial charge < -0.3 is 14.6 Å². The molecule has 1 aromatic heterocycles. The highest BCUT2D eigenvalue weighted by Crippen LogP contribution is 2.22. The van der Waals surface area contributed by atoms with Gasteiger partial charge in [-0.05, 0) is 49.4 Å². The second-order valence-corrected chi connectivity index (χ2v) is 6.23. The minimum atomic E-state index is -1.01. The molecule has 0 radical (unpaired) electrons. The fourth-order valence-electron chi connectivity index (χ4n) is 2.28. The fraction of sp³-hybridized carbons (Fsp3) is 0.158.